The third-order valence-corrected chi connectivity index (χ3v) is 10.2. The zero-order valence-corrected chi connectivity index (χ0v) is 34.5. The van der Waals surface area contributed by atoms with Crippen LogP contribution in [-0.4, -0.2) is 74.7 Å². The SMILES string of the molecule is CC(C)[C@H]1COCCC#CC#CCCOC[C@H](C(C)C)N(Cc2ccccc2)Cc2ccccc2OCCOCCOc2ccccc2CN1Cc1ccccc1. The van der Waals surface area contributed by atoms with Gasteiger partial charge in [-0.2, -0.15) is 0 Å². The Balaban J connectivity index is 1.30. The Morgan fingerprint density at radius 3 is 1.32 bits per heavy atom. The molecule has 0 unspecified atom stereocenters. The lowest BCUT2D eigenvalue weighted by Gasteiger charge is -2.35. The molecule has 302 valence electrons. The fourth-order valence-corrected chi connectivity index (χ4v) is 7.03. The van der Waals surface area contributed by atoms with Gasteiger partial charge < -0.3 is 23.7 Å². The van der Waals surface area contributed by atoms with Crippen molar-refractivity contribution < 1.29 is 23.7 Å². The van der Waals surface area contributed by atoms with Gasteiger partial charge in [0.15, 0.2) is 0 Å². The molecule has 0 aromatic heterocycles. The number of para-hydroxylation sites is 2. The van der Waals surface area contributed by atoms with Crippen LogP contribution in [0.3, 0.4) is 0 Å². The third-order valence-electron chi connectivity index (χ3n) is 10.2. The molecular weight excluding hydrogens is 709 g/mol. The van der Waals surface area contributed by atoms with Crippen molar-refractivity contribution in [3.8, 4) is 35.2 Å². The molecule has 57 heavy (non-hydrogen) atoms. The summed E-state index contributed by atoms with van der Waals surface area (Å²) in [5.41, 5.74) is 4.80. The quantitative estimate of drug-likeness (QED) is 0.182. The summed E-state index contributed by atoms with van der Waals surface area (Å²) in [6, 6.07) is 38.3. The highest BCUT2D eigenvalue weighted by Crippen LogP contribution is 2.26. The van der Waals surface area contributed by atoms with Crippen molar-refractivity contribution in [1.29, 1.82) is 0 Å². The molecule has 0 amide bonds. The second kappa shape index (κ2) is 24.9. The minimum Gasteiger partial charge on any atom is -0.491 e. The number of hydrogen-bond acceptors (Lipinski definition) is 7. The molecule has 0 fully saturated rings. The van der Waals surface area contributed by atoms with E-state index < -0.39 is 0 Å². The number of fused-ring (bicyclic) bond motifs is 2. The molecule has 2 atom stereocenters. The van der Waals surface area contributed by atoms with Crippen molar-refractivity contribution in [3.05, 3.63) is 131 Å². The van der Waals surface area contributed by atoms with Crippen LogP contribution in [0.15, 0.2) is 109 Å². The molecule has 0 radical (unpaired) electrons. The number of ether oxygens (including phenoxy) is 5. The van der Waals surface area contributed by atoms with Gasteiger partial charge in [-0.25, -0.2) is 0 Å². The van der Waals surface area contributed by atoms with Crippen LogP contribution in [0, 0.1) is 35.5 Å². The Bertz CT molecular complexity index is 1710. The van der Waals surface area contributed by atoms with Crippen LogP contribution in [0.2, 0.25) is 0 Å². The summed E-state index contributed by atoms with van der Waals surface area (Å²) in [7, 11) is 0. The molecule has 1 aliphatic heterocycles. The minimum atomic E-state index is 0.191. The first-order valence-electron chi connectivity index (χ1n) is 20.6. The van der Waals surface area contributed by atoms with E-state index in [0.29, 0.717) is 77.5 Å². The molecule has 1 aliphatic rings. The standard InChI is InChI=1S/C50H62N2O5/c1-41(2)47-39-54-29-19-7-5-6-8-20-30-55-40-48(42(3)4)52(36-44-23-13-10-14-24-44)38-46-26-16-18-28-50(46)57-34-32-53-31-33-56-49-27-17-15-25-45(49)37-51(47)35-43-21-11-9-12-22-43/h9-18,21-28,41-42,47-48H,19-20,29-40H2,1-4H3/t47-,48-/m1/s1. The third kappa shape index (κ3) is 15.3. The first-order valence-corrected chi connectivity index (χ1v) is 20.6. The molecule has 1 heterocycles. The summed E-state index contributed by atoms with van der Waals surface area (Å²) in [6.45, 7) is 16.3. The summed E-state index contributed by atoms with van der Waals surface area (Å²) in [4.78, 5) is 5.02. The van der Waals surface area contributed by atoms with Gasteiger partial charge in [-0.15, -0.1) is 0 Å². The van der Waals surface area contributed by atoms with E-state index in [-0.39, 0.29) is 12.1 Å². The highest BCUT2D eigenvalue weighted by Gasteiger charge is 2.25. The molecule has 4 aromatic rings. The summed E-state index contributed by atoms with van der Waals surface area (Å²) in [5, 5.41) is 0. The summed E-state index contributed by atoms with van der Waals surface area (Å²) < 4.78 is 31.3. The largest absolute Gasteiger partial charge is 0.491 e. The van der Waals surface area contributed by atoms with Crippen LogP contribution >= 0.6 is 0 Å². The molecule has 7 heteroatoms. The average molecular weight is 771 g/mol. The van der Waals surface area contributed by atoms with Crippen LogP contribution in [0.5, 0.6) is 11.5 Å². The number of nitrogens with zero attached hydrogens (tertiary/aromatic N) is 2. The van der Waals surface area contributed by atoms with Crippen LogP contribution < -0.4 is 9.47 Å². The van der Waals surface area contributed by atoms with Crippen LogP contribution in [-0.2, 0) is 40.4 Å². The molecular formula is C50H62N2O5. The second-order valence-corrected chi connectivity index (χ2v) is 15.2. The maximum absolute atomic E-state index is 6.35. The Kier molecular flexibility index (Phi) is 19.0. The Hall–Kier alpha value is -4.60. The summed E-state index contributed by atoms with van der Waals surface area (Å²) in [6.07, 6.45) is 1.27. The Labute approximate surface area is 342 Å². The lowest BCUT2D eigenvalue weighted by atomic mass is 10.0. The fourth-order valence-electron chi connectivity index (χ4n) is 7.03. The maximum atomic E-state index is 6.35. The fraction of sp³-hybridized carbons (Fsp3) is 0.440. The van der Waals surface area contributed by atoms with E-state index in [1.807, 2.05) is 12.1 Å². The monoisotopic (exact) mass is 770 g/mol. The van der Waals surface area contributed by atoms with Gasteiger partial charge >= 0.3 is 0 Å². The minimum absolute atomic E-state index is 0.191. The molecule has 4 aromatic carbocycles. The molecule has 0 spiro atoms. The Morgan fingerprint density at radius 1 is 0.491 bits per heavy atom. The normalized spacial score (nSPS) is 19.1. The predicted molar refractivity (Wildman–Crippen MR) is 230 cm³/mol. The highest BCUT2D eigenvalue weighted by molar-refractivity contribution is 5.34. The number of hydrogen-bond donors (Lipinski definition) is 0. The first-order chi connectivity index (χ1) is 28.0. The second-order valence-electron chi connectivity index (χ2n) is 15.2. The van der Waals surface area contributed by atoms with Crippen molar-refractivity contribution in [2.75, 3.05) is 52.9 Å². The zero-order valence-electron chi connectivity index (χ0n) is 34.5. The Morgan fingerprint density at radius 2 is 0.895 bits per heavy atom. The highest BCUT2D eigenvalue weighted by atomic mass is 16.5. The van der Waals surface area contributed by atoms with Gasteiger partial charge in [0.1, 0.15) is 24.7 Å². The van der Waals surface area contributed by atoms with Gasteiger partial charge in [0.2, 0.25) is 0 Å². The lowest BCUT2D eigenvalue weighted by molar-refractivity contribution is 0.0317. The molecule has 0 aliphatic carbocycles. The average Bonchev–Trinajstić information content (AvgIpc) is 3.21. The van der Waals surface area contributed by atoms with Crippen molar-refractivity contribution in [1.82, 2.24) is 9.80 Å². The van der Waals surface area contributed by atoms with E-state index in [9.17, 15) is 0 Å². The van der Waals surface area contributed by atoms with E-state index in [0.717, 1.165) is 48.8 Å². The smallest absolute Gasteiger partial charge is 0.123 e. The van der Waals surface area contributed by atoms with E-state index in [1.54, 1.807) is 0 Å². The van der Waals surface area contributed by atoms with Gasteiger partial charge in [-0.05, 0) is 46.9 Å². The number of benzene rings is 4. The van der Waals surface area contributed by atoms with E-state index in [1.165, 1.54) is 11.1 Å². The first kappa shape index (κ1) is 43.5. The maximum Gasteiger partial charge on any atom is 0.123 e. The van der Waals surface area contributed by atoms with Crippen LogP contribution in [0.4, 0.5) is 0 Å². The van der Waals surface area contributed by atoms with Crippen molar-refractivity contribution >= 4 is 0 Å². The molecule has 0 bridgehead atoms. The topological polar surface area (TPSA) is 52.6 Å². The van der Waals surface area contributed by atoms with Gasteiger partial charge in [0, 0.05) is 62.2 Å². The lowest BCUT2D eigenvalue weighted by Crippen LogP contribution is -2.41. The van der Waals surface area contributed by atoms with Crippen molar-refractivity contribution in [2.24, 2.45) is 11.8 Å². The van der Waals surface area contributed by atoms with Crippen molar-refractivity contribution in [3.63, 3.8) is 0 Å². The van der Waals surface area contributed by atoms with E-state index >= 15 is 0 Å². The van der Waals surface area contributed by atoms with E-state index in [4.69, 9.17) is 23.7 Å². The van der Waals surface area contributed by atoms with E-state index in [2.05, 4.69) is 158 Å². The van der Waals surface area contributed by atoms with Gasteiger partial charge in [-0.1, -0.05) is 137 Å². The number of rotatable bonds is 6. The summed E-state index contributed by atoms with van der Waals surface area (Å²) in [5.74, 6) is 14.9. The van der Waals surface area contributed by atoms with Gasteiger partial charge in [0.05, 0.1) is 39.6 Å². The molecule has 5 rings (SSSR count). The molecule has 0 N–H and O–H groups in total. The van der Waals surface area contributed by atoms with Gasteiger partial charge in [-0.3, -0.25) is 9.80 Å². The van der Waals surface area contributed by atoms with Crippen LogP contribution in [0.1, 0.15) is 62.8 Å². The zero-order chi connectivity index (χ0) is 39.9. The molecule has 7 nitrogen and oxygen atoms in total. The molecule has 0 saturated carbocycles. The van der Waals surface area contributed by atoms with Crippen molar-refractivity contribution in [2.45, 2.75) is 78.8 Å². The predicted octanol–water partition coefficient (Wildman–Crippen LogP) is 9.05. The van der Waals surface area contributed by atoms with Crippen LogP contribution in [0.25, 0.3) is 0 Å². The molecule has 0 saturated heterocycles. The summed E-state index contributed by atoms with van der Waals surface area (Å²) >= 11 is 0. The van der Waals surface area contributed by atoms with Gasteiger partial charge in [0.25, 0.3) is 0 Å².